The molecule has 0 radical (unpaired) electrons. The van der Waals surface area contributed by atoms with Crippen LogP contribution in [0, 0.1) is 0 Å². The van der Waals surface area contributed by atoms with Gasteiger partial charge < -0.3 is 5.32 Å². The highest BCUT2D eigenvalue weighted by atomic mass is 32.1. The van der Waals surface area contributed by atoms with E-state index in [1.165, 1.54) is 4.88 Å². The molecule has 1 N–H and O–H groups in total. The fraction of sp³-hybridized carbons (Fsp3) is 0.211. The van der Waals surface area contributed by atoms with Crippen molar-refractivity contribution < 1.29 is 4.79 Å². The summed E-state index contributed by atoms with van der Waals surface area (Å²) in [6, 6.07) is 16.1. The molecular weight excluding hydrogens is 322 g/mol. The number of hydrogen-bond donors (Lipinski definition) is 1. The van der Waals surface area contributed by atoms with Crippen LogP contribution in [-0.2, 0) is 4.79 Å². The number of benzene rings is 1. The SMILES string of the molecule is CCC(C(=O)NC(c1ccsc1)c1cccs1)c1ccccc1. The number of carbonyl (C=O) groups excluding carboxylic acids is 1. The minimum absolute atomic E-state index is 0.0634. The maximum absolute atomic E-state index is 12.9. The number of thiophene rings is 2. The third-order valence-electron chi connectivity index (χ3n) is 3.92. The predicted octanol–water partition coefficient (Wildman–Crippen LogP) is 5.21. The Balaban J connectivity index is 1.83. The summed E-state index contributed by atoms with van der Waals surface area (Å²) in [6.45, 7) is 2.06. The van der Waals surface area contributed by atoms with Crippen LogP contribution in [0.3, 0.4) is 0 Å². The molecule has 0 aliphatic heterocycles. The van der Waals surface area contributed by atoms with Gasteiger partial charge in [0.25, 0.3) is 0 Å². The van der Waals surface area contributed by atoms with E-state index in [0.29, 0.717) is 0 Å². The Kier molecular flexibility index (Phi) is 5.26. The van der Waals surface area contributed by atoms with Gasteiger partial charge in [-0.15, -0.1) is 11.3 Å². The highest BCUT2D eigenvalue weighted by Gasteiger charge is 2.24. The number of carbonyl (C=O) groups is 1. The van der Waals surface area contributed by atoms with Crippen molar-refractivity contribution in [2.45, 2.75) is 25.3 Å². The first kappa shape index (κ1) is 16.0. The van der Waals surface area contributed by atoms with Crippen molar-refractivity contribution in [3.8, 4) is 0 Å². The largest absolute Gasteiger partial charge is 0.344 e. The molecule has 2 heterocycles. The topological polar surface area (TPSA) is 29.1 Å². The number of hydrogen-bond acceptors (Lipinski definition) is 3. The lowest BCUT2D eigenvalue weighted by atomic mass is 9.95. The van der Waals surface area contributed by atoms with E-state index >= 15 is 0 Å². The Morgan fingerprint density at radius 3 is 2.48 bits per heavy atom. The van der Waals surface area contributed by atoms with E-state index in [1.807, 2.05) is 36.4 Å². The van der Waals surface area contributed by atoms with E-state index < -0.39 is 0 Å². The summed E-state index contributed by atoms with van der Waals surface area (Å²) < 4.78 is 0. The minimum atomic E-state index is -0.114. The van der Waals surface area contributed by atoms with Gasteiger partial charge in [0.1, 0.15) is 0 Å². The number of rotatable bonds is 6. The molecule has 1 amide bonds. The van der Waals surface area contributed by atoms with Gasteiger partial charge in [0.2, 0.25) is 5.91 Å². The van der Waals surface area contributed by atoms with E-state index in [-0.39, 0.29) is 17.9 Å². The third-order valence-corrected chi connectivity index (χ3v) is 5.56. The van der Waals surface area contributed by atoms with Crippen molar-refractivity contribution >= 4 is 28.6 Å². The van der Waals surface area contributed by atoms with Crippen LogP contribution >= 0.6 is 22.7 Å². The molecule has 118 valence electrons. The minimum Gasteiger partial charge on any atom is -0.344 e. The van der Waals surface area contributed by atoms with Crippen molar-refractivity contribution in [1.82, 2.24) is 5.32 Å². The van der Waals surface area contributed by atoms with E-state index in [2.05, 4.69) is 40.5 Å². The molecule has 4 heteroatoms. The zero-order valence-corrected chi connectivity index (χ0v) is 14.6. The van der Waals surface area contributed by atoms with Crippen LogP contribution in [0.25, 0.3) is 0 Å². The molecule has 0 fully saturated rings. The Morgan fingerprint density at radius 2 is 1.87 bits per heavy atom. The van der Waals surface area contributed by atoms with Gasteiger partial charge in [-0.2, -0.15) is 11.3 Å². The summed E-state index contributed by atoms with van der Waals surface area (Å²) in [5.74, 6) is -0.0272. The molecular formula is C19H19NOS2. The van der Waals surface area contributed by atoms with Crippen molar-refractivity contribution in [3.63, 3.8) is 0 Å². The fourth-order valence-electron chi connectivity index (χ4n) is 2.71. The Morgan fingerprint density at radius 1 is 1.04 bits per heavy atom. The average molecular weight is 342 g/mol. The summed E-state index contributed by atoms with van der Waals surface area (Å²) >= 11 is 3.33. The van der Waals surface area contributed by atoms with E-state index in [1.54, 1.807) is 22.7 Å². The zero-order chi connectivity index (χ0) is 16.1. The highest BCUT2D eigenvalue weighted by Crippen LogP contribution is 2.29. The predicted molar refractivity (Wildman–Crippen MR) is 98.1 cm³/mol. The first-order valence-corrected chi connectivity index (χ1v) is 9.52. The number of amides is 1. The molecule has 0 aliphatic rings. The van der Waals surface area contributed by atoms with Crippen LogP contribution in [0.1, 0.15) is 41.3 Å². The smallest absolute Gasteiger partial charge is 0.228 e. The molecule has 0 saturated carbocycles. The van der Waals surface area contributed by atoms with Gasteiger partial charge in [-0.3, -0.25) is 4.79 Å². The Labute approximate surface area is 144 Å². The first-order chi connectivity index (χ1) is 11.3. The second kappa shape index (κ2) is 7.57. The molecule has 0 saturated heterocycles. The van der Waals surface area contributed by atoms with Gasteiger partial charge >= 0.3 is 0 Å². The van der Waals surface area contributed by atoms with Crippen LogP contribution in [0.2, 0.25) is 0 Å². The van der Waals surface area contributed by atoms with Crippen LogP contribution in [0.15, 0.2) is 64.7 Å². The van der Waals surface area contributed by atoms with Gasteiger partial charge in [0.15, 0.2) is 0 Å². The van der Waals surface area contributed by atoms with Crippen molar-refractivity contribution in [2.75, 3.05) is 0 Å². The van der Waals surface area contributed by atoms with E-state index in [4.69, 9.17) is 0 Å². The van der Waals surface area contributed by atoms with Gasteiger partial charge in [0.05, 0.1) is 12.0 Å². The maximum Gasteiger partial charge on any atom is 0.228 e. The molecule has 2 unspecified atom stereocenters. The van der Waals surface area contributed by atoms with Gasteiger partial charge in [-0.05, 0) is 45.8 Å². The summed E-state index contributed by atoms with van der Waals surface area (Å²) in [7, 11) is 0. The maximum atomic E-state index is 12.9. The molecule has 0 spiro atoms. The lowest BCUT2D eigenvalue weighted by Gasteiger charge is -2.21. The normalized spacial score (nSPS) is 13.4. The standard InChI is InChI=1S/C19H19NOS2/c1-2-16(14-7-4-3-5-8-14)19(21)20-18(15-10-12-22-13-15)17-9-6-11-23-17/h3-13,16,18H,2H2,1H3,(H,20,21). The van der Waals surface area contributed by atoms with Crippen LogP contribution < -0.4 is 5.32 Å². The summed E-state index contributed by atoms with van der Waals surface area (Å²) in [5.41, 5.74) is 2.22. The summed E-state index contributed by atoms with van der Waals surface area (Å²) in [5, 5.41) is 9.46. The molecule has 0 aliphatic carbocycles. The van der Waals surface area contributed by atoms with Gasteiger partial charge in [-0.1, -0.05) is 43.3 Å². The van der Waals surface area contributed by atoms with Crippen molar-refractivity contribution in [3.05, 3.63) is 80.7 Å². The van der Waals surface area contributed by atoms with Crippen LogP contribution in [0.5, 0.6) is 0 Å². The molecule has 0 bridgehead atoms. The van der Waals surface area contributed by atoms with Gasteiger partial charge in [0, 0.05) is 4.88 Å². The molecule has 2 atom stereocenters. The second-order valence-corrected chi connectivity index (χ2v) is 7.14. The van der Waals surface area contributed by atoms with Crippen molar-refractivity contribution in [1.29, 1.82) is 0 Å². The number of nitrogens with one attached hydrogen (secondary N) is 1. The molecule has 3 aromatic rings. The van der Waals surface area contributed by atoms with E-state index in [0.717, 1.165) is 17.5 Å². The zero-order valence-electron chi connectivity index (χ0n) is 12.9. The first-order valence-electron chi connectivity index (χ1n) is 7.70. The van der Waals surface area contributed by atoms with Crippen LogP contribution in [-0.4, -0.2) is 5.91 Å². The molecule has 2 aromatic heterocycles. The summed E-state index contributed by atoms with van der Waals surface area (Å²) in [6.07, 6.45) is 0.788. The summed E-state index contributed by atoms with van der Waals surface area (Å²) in [4.78, 5) is 14.0. The monoisotopic (exact) mass is 341 g/mol. The lowest BCUT2D eigenvalue weighted by molar-refractivity contribution is -0.123. The molecule has 3 rings (SSSR count). The molecule has 2 nitrogen and oxygen atoms in total. The van der Waals surface area contributed by atoms with E-state index in [9.17, 15) is 4.79 Å². The van der Waals surface area contributed by atoms with Crippen LogP contribution in [0.4, 0.5) is 0 Å². The molecule has 1 aromatic carbocycles. The molecule has 23 heavy (non-hydrogen) atoms. The average Bonchev–Trinajstić information content (AvgIpc) is 3.28. The van der Waals surface area contributed by atoms with Crippen molar-refractivity contribution in [2.24, 2.45) is 0 Å². The lowest BCUT2D eigenvalue weighted by Crippen LogP contribution is -2.32. The third kappa shape index (κ3) is 3.71. The fourth-order valence-corrected chi connectivity index (χ4v) is 4.20. The van der Waals surface area contributed by atoms with Gasteiger partial charge in [-0.25, -0.2) is 0 Å². The Bertz CT molecular complexity index is 686. The Hall–Kier alpha value is -1.91. The quantitative estimate of drug-likeness (QED) is 0.655. The second-order valence-electron chi connectivity index (χ2n) is 5.39. The highest BCUT2D eigenvalue weighted by molar-refractivity contribution is 7.10.